The highest BCUT2D eigenvalue weighted by Gasteiger charge is 2.20. The Labute approximate surface area is 107 Å². The van der Waals surface area contributed by atoms with E-state index >= 15 is 0 Å². The van der Waals surface area contributed by atoms with E-state index in [-0.39, 0.29) is 11.9 Å². The van der Waals surface area contributed by atoms with Crippen LogP contribution in [0.5, 0.6) is 0 Å². The van der Waals surface area contributed by atoms with Gasteiger partial charge in [-0.1, -0.05) is 12.1 Å². The lowest BCUT2D eigenvalue weighted by atomic mass is 10.1. The lowest BCUT2D eigenvalue weighted by Crippen LogP contribution is -2.41. The van der Waals surface area contributed by atoms with Crippen molar-refractivity contribution in [3.05, 3.63) is 35.4 Å². The molecule has 2 rings (SSSR count). The van der Waals surface area contributed by atoms with Crippen molar-refractivity contribution < 1.29 is 4.79 Å². The minimum absolute atomic E-state index is 0.00837. The van der Waals surface area contributed by atoms with Crippen molar-refractivity contribution in [2.24, 2.45) is 0 Å². The number of rotatable bonds is 4. The Kier molecular flexibility index (Phi) is 4.32. The van der Waals surface area contributed by atoms with Gasteiger partial charge in [0, 0.05) is 6.54 Å². The summed E-state index contributed by atoms with van der Waals surface area (Å²) in [6.45, 7) is 1.58. The van der Waals surface area contributed by atoms with Crippen molar-refractivity contribution >= 4 is 5.91 Å². The van der Waals surface area contributed by atoms with E-state index in [1.165, 1.54) is 0 Å². The first-order chi connectivity index (χ1) is 8.79. The zero-order valence-corrected chi connectivity index (χ0v) is 10.3. The molecule has 1 aromatic rings. The number of nitrogens with one attached hydrogen (secondary N) is 2. The Morgan fingerprint density at radius 2 is 2.22 bits per heavy atom. The van der Waals surface area contributed by atoms with Gasteiger partial charge < -0.3 is 10.6 Å². The van der Waals surface area contributed by atoms with Crippen molar-refractivity contribution in [3.63, 3.8) is 0 Å². The van der Waals surface area contributed by atoms with Crippen LogP contribution < -0.4 is 10.6 Å². The normalized spacial score (nSPS) is 18.3. The molecule has 1 unspecified atom stereocenters. The number of carbonyl (C=O) groups excluding carboxylic acids is 1. The van der Waals surface area contributed by atoms with E-state index in [0.29, 0.717) is 12.1 Å². The van der Waals surface area contributed by atoms with Gasteiger partial charge in [-0.25, -0.2) is 0 Å². The zero-order chi connectivity index (χ0) is 12.8. The van der Waals surface area contributed by atoms with Gasteiger partial charge in [-0.2, -0.15) is 5.26 Å². The highest BCUT2D eigenvalue weighted by atomic mass is 16.2. The van der Waals surface area contributed by atoms with Crippen LogP contribution in [0.4, 0.5) is 0 Å². The van der Waals surface area contributed by atoms with Gasteiger partial charge in [0.1, 0.15) is 0 Å². The minimum Gasteiger partial charge on any atom is -0.354 e. The standard InChI is InChI=1S/C14H17N3O/c15-10-12-5-3-11(4-6-12)7-9-17-14(18)13-2-1-8-16-13/h3-6,13,16H,1-2,7-9H2,(H,17,18). The number of hydrogen-bond acceptors (Lipinski definition) is 3. The molecule has 1 aliphatic rings. The predicted octanol–water partition coefficient (Wildman–Crippen LogP) is 0.969. The van der Waals surface area contributed by atoms with Crippen LogP contribution in [-0.4, -0.2) is 25.0 Å². The zero-order valence-electron chi connectivity index (χ0n) is 10.3. The SMILES string of the molecule is N#Cc1ccc(CCNC(=O)C2CCCN2)cc1. The Hall–Kier alpha value is -1.86. The maximum atomic E-state index is 11.7. The summed E-state index contributed by atoms with van der Waals surface area (Å²) in [7, 11) is 0. The Bertz CT molecular complexity index is 441. The number of nitriles is 1. The van der Waals surface area contributed by atoms with Gasteiger partial charge in [-0.3, -0.25) is 4.79 Å². The Morgan fingerprint density at radius 3 is 2.83 bits per heavy atom. The fraction of sp³-hybridized carbons (Fsp3) is 0.429. The summed E-state index contributed by atoms with van der Waals surface area (Å²) < 4.78 is 0. The quantitative estimate of drug-likeness (QED) is 0.828. The lowest BCUT2D eigenvalue weighted by Gasteiger charge is -2.10. The summed E-state index contributed by atoms with van der Waals surface area (Å²) in [5, 5.41) is 14.8. The summed E-state index contributed by atoms with van der Waals surface area (Å²) in [4.78, 5) is 11.7. The molecule has 4 heteroatoms. The molecule has 1 saturated heterocycles. The molecule has 1 aliphatic heterocycles. The van der Waals surface area contributed by atoms with Crippen LogP contribution in [0.15, 0.2) is 24.3 Å². The molecule has 0 saturated carbocycles. The third-order valence-electron chi connectivity index (χ3n) is 3.17. The Morgan fingerprint density at radius 1 is 1.44 bits per heavy atom. The van der Waals surface area contributed by atoms with E-state index in [1.54, 1.807) is 12.1 Å². The number of hydrogen-bond donors (Lipinski definition) is 2. The Balaban J connectivity index is 1.74. The number of carbonyl (C=O) groups is 1. The van der Waals surface area contributed by atoms with E-state index < -0.39 is 0 Å². The van der Waals surface area contributed by atoms with E-state index in [9.17, 15) is 4.79 Å². The predicted molar refractivity (Wildman–Crippen MR) is 68.9 cm³/mol. The topological polar surface area (TPSA) is 64.9 Å². The summed E-state index contributed by atoms with van der Waals surface area (Å²) >= 11 is 0. The monoisotopic (exact) mass is 243 g/mol. The molecule has 1 fully saturated rings. The number of amides is 1. The summed E-state index contributed by atoms with van der Waals surface area (Å²) in [6, 6.07) is 9.54. The molecule has 18 heavy (non-hydrogen) atoms. The second kappa shape index (κ2) is 6.18. The summed E-state index contributed by atoms with van der Waals surface area (Å²) in [5.41, 5.74) is 1.80. The van der Waals surface area contributed by atoms with Crippen molar-refractivity contribution in [2.45, 2.75) is 25.3 Å². The van der Waals surface area contributed by atoms with Gasteiger partial charge in [0.2, 0.25) is 5.91 Å². The van der Waals surface area contributed by atoms with Gasteiger partial charge in [0.05, 0.1) is 17.7 Å². The highest BCUT2D eigenvalue weighted by molar-refractivity contribution is 5.81. The second-order valence-corrected chi connectivity index (χ2v) is 4.50. The minimum atomic E-state index is -0.00837. The molecular formula is C14H17N3O. The molecule has 0 spiro atoms. The van der Waals surface area contributed by atoms with Crippen LogP contribution in [-0.2, 0) is 11.2 Å². The van der Waals surface area contributed by atoms with Gasteiger partial charge >= 0.3 is 0 Å². The van der Waals surface area contributed by atoms with Crippen LogP contribution in [0, 0.1) is 11.3 Å². The molecule has 1 heterocycles. The molecule has 1 amide bonds. The number of nitrogens with zero attached hydrogens (tertiary/aromatic N) is 1. The molecular weight excluding hydrogens is 226 g/mol. The van der Waals surface area contributed by atoms with Crippen molar-refractivity contribution in [1.29, 1.82) is 5.26 Å². The molecule has 4 nitrogen and oxygen atoms in total. The number of benzene rings is 1. The molecule has 0 radical (unpaired) electrons. The molecule has 0 aromatic heterocycles. The molecule has 94 valence electrons. The average Bonchev–Trinajstić information content (AvgIpc) is 2.93. The van der Waals surface area contributed by atoms with Crippen molar-refractivity contribution in [1.82, 2.24) is 10.6 Å². The first-order valence-corrected chi connectivity index (χ1v) is 6.30. The smallest absolute Gasteiger partial charge is 0.237 e. The molecule has 2 N–H and O–H groups in total. The van der Waals surface area contributed by atoms with Crippen molar-refractivity contribution in [2.75, 3.05) is 13.1 Å². The van der Waals surface area contributed by atoms with Crippen molar-refractivity contribution in [3.8, 4) is 6.07 Å². The lowest BCUT2D eigenvalue weighted by molar-refractivity contribution is -0.122. The highest BCUT2D eigenvalue weighted by Crippen LogP contribution is 2.05. The van der Waals surface area contributed by atoms with Crippen LogP contribution >= 0.6 is 0 Å². The molecule has 1 atom stereocenters. The molecule has 1 aromatic carbocycles. The van der Waals surface area contributed by atoms with Crippen LogP contribution in [0.3, 0.4) is 0 Å². The first kappa shape index (κ1) is 12.6. The van der Waals surface area contributed by atoms with Gasteiger partial charge in [0.15, 0.2) is 0 Å². The van der Waals surface area contributed by atoms with Gasteiger partial charge in [-0.15, -0.1) is 0 Å². The van der Waals surface area contributed by atoms with E-state index in [4.69, 9.17) is 5.26 Å². The summed E-state index contributed by atoms with van der Waals surface area (Å²) in [5.74, 6) is 0.0983. The molecule has 0 aliphatic carbocycles. The summed E-state index contributed by atoms with van der Waals surface area (Å²) in [6.07, 6.45) is 2.81. The van der Waals surface area contributed by atoms with E-state index in [2.05, 4.69) is 16.7 Å². The third-order valence-corrected chi connectivity index (χ3v) is 3.17. The van der Waals surface area contributed by atoms with Gasteiger partial charge in [-0.05, 0) is 43.5 Å². The third kappa shape index (κ3) is 3.31. The average molecular weight is 243 g/mol. The maximum absolute atomic E-state index is 11.7. The van der Waals surface area contributed by atoms with Crippen LogP contribution in [0.1, 0.15) is 24.0 Å². The van der Waals surface area contributed by atoms with Gasteiger partial charge in [0.25, 0.3) is 0 Å². The fourth-order valence-electron chi connectivity index (χ4n) is 2.11. The maximum Gasteiger partial charge on any atom is 0.237 e. The fourth-order valence-corrected chi connectivity index (χ4v) is 2.11. The largest absolute Gasteiger partial charge is 0.354 e. The second-order valence-electron chi connectivity index (χ2n) is 4.50. The van der Waals surface area contributed by atoms with E-state index in [1.807, 2.05) is 12.1 Å². The van der Waals surface area contributed by atoms with Crippen LogP contribution in [0.2, 0.25) is 0 Å². The van der Waals surface area contributed by atoms with Crippen LogP contribution in [0.25, 0.3) is 0 Å². The van der Waals surface area contributed by atoms with E-state index in [0.717, 1.165) is 31.4 Å². The molecule has 0 bridgehead atoms. The first-order valence-electron chi connectivity index (χ1n) is 6.30.